The minimum absolute atomic E-state index is 0.544. The molecule has 1 atom stereocenters. The number of nitrogens with zero attached hydrogens (tertiary/aromatic N) is 1. The lowest BCUT2D eigenvalue weighted by Gasteiger charge is -2.44. The summed E-state index contributed by atoms with van der Waals surface area (Å²) >= 11 is 0. The molecule has 0 N–H and O–H groups in total. The van der Waals surface area contributed by atoms with Crippen molar-refractivity contribution in [1.29, 1.82) is 0 Å². The van der Waals surface area contributed by atoms with Crippen LogP contribution in [0.4, 0.5) is 0 Å². The molecule has 0 aromatic heterocycles. The van der Waals surface area contributed by atoms with E-state index in [0.29, 0.717) is 12.0 Å². The summed E-state index contributed by atoms with van der Waals surface area (Å²) in [5.74, 6) is 4.19. The summed E-state index contributed by atoms with van der Waals surface area (Å²) in [6, 6.07) is 0. The van der Waals surface area contributed by atoms with E-state index in [1.54, 1.807) is 0 Å². The molecule has 0 amide bonds. The number of rotatable bonds is 7. The Morgan fingerprint density at radius 2 is 1.57 bits per heavy atom. The average Bonchev–Trinajstić information content (AvgIpc) is 2.40. The predicted molar refractivity (Wildman–Crippen MR) is 90.5 cm³/mol. The third kappa shape index (κ3) is 5.25. The van der Waals surface area contributed by atoms with Crippen LogP contribution in [0.3, 0.4) is 0 Å². The van der Waals surface area contributed by atoms with Crippen LogP contribution in [-0.2, 0) is 4.74 Å². The van der Waals surface area contributed by atoms with E-state index in [-0.39, 0.29) is 0 Å². The summed E-state index contributed by atoms with van der Waals surface area (Å²) in [6.07, 6.45) is 5.88. The summed E-state index contributed by atoms with van der Waals surface area (Å²) in [5, 5.41) is 0. The number of hydrogen-bond acceptors (Lipinski definition) is 2. The van der Waals surface area contributed by atoms with Crippen molar-refractivity contribution in [2.45, 2.75) is 66.4 Å². The molecule has 0 spiro atoms. The number of likely N-dealkylation sites (tertiary alicyclic amines) is 1. The highest BCUT2D eigenvalue weighted by Gasteiger charge is 2.31. The maximum Gasteiger partial charge on any atom is 0.0575 e. The van der Waals surface area contributed by atoms with E-state index >= 15 is 0 Å². The lowest BCUT2D eigenvalue weighted by atomic mass is 9.83. The third-order valence-electron chi connectivity index (χ3n) is 5.97. The number of ether oxygens (including phenoxy) is 1. The van der Waals surface area contributed by atoms with Crippen molar-refractivity contribution in [3.8, 4) is 0 Å². The van der Waals surface area contributed by atoms with Gasteiger partial charge in [-0.3, -0.25) is 0 Å². The average molecular weight is 296 g/mol. The molecule has 0 bridgehead atoms. The highest BCUT2D eigenvalue weighted by Crippen LogP contribution is 2.31. The van der Waals surface area contributed by atoms with Crippen LogP contribution in [0.5, 0.6) is 0 Å². The smallest absolute Gasteiger partial charge is 0.0575 e. The van der Waals surface area contributed by atoms with Crippen LogP contribution in [0, 0.1) is 29.6 Å². The summed E-state index contributed by atoms with van der Waals surface area (Å²) < 4.78 is 6.13. The second kappa shape index (κ2) is 7.97. The monoisotopic (exact) mass is 295 g/mol. The largest absolute Gasteiger partial charge is 0.378 e. The molecular weight excluding hydrogens is 258 g/mol. The number of hydrogen-bond donors (Lipinski definition) is 0. The van der Waals surface area contributed by atoms with E-state index < -0.39 is 0 Å². The molecule has 0 aromatic rings. The van der Waals surface area contributed by atoms with Gasteiger partial charge in [-0.25, -0.2) is 0 Å². The van der Waals surface area contributed by atoms with Crippen molar-refractivity contribution in [3.05, 3.63) is 0 Å². The van der Waals surface area contributed by atoms with Gasteiger partial charge in [0.25, 0.3) is 0 Å². The standard InChI is InChI=1S/C19H37NO/c1-14(2)16(5)13-21-19-8-6-17(7-9-19)10-20-11-18(12-20)15(3)4/h14-19H,6-13H2,1-5H3/t16-,17?,19?/m0/s1. The second-order valence-corrected chi connectivity index (χ2v) is 8.42. The van der Waals surface area contributed by atoms with E-state index in [0.717, 1.165) is 30.3 Å². The van der Waals surface area contributed by atoms with E-state index in [1.165, 1.54) is 45.3 Å². The van der Waals surface area contributed by atoms with E-state index in [2.05, 4.69) is 39.5 Å². The van der Waals surface area contributed by atoms with Crippen molar-refractivity contribution in [2.75, 3.05) is 26.2 Å². The lowest BCUT2D eigenvalue weighted by Crippen LogP contribution is -2.50. The Morgan fingerprint density at radius 3 is 2.10 bits per heavy atom. The van der Waals surface area contributed by atoms with Crippen LogP contribution in [0.15, 0.2) is 0 Å². The fourth-order valence-electron chi connectivity index (χ4n) is 3.51. The van der Waals surface area contributed by atoms with Gasteiger partial charge in [0.1, 0.15) is 0 Å². The minimum Gasteiger partial charge on any atom is -0.378 e. The fourth-order valence-corrected chi connectivity index (χ4v) is 3.51. The van der Waals surface area contributed by atoms with Gasteiger partial charge in [0, 0.05) is 26.2 Å². The van der Waals surface area contributed by atoms with Crippen molar-refractivity contribution in [1.82, 2.24) is 4.90 Å². The molecule has 1 saturated carbocycles. The molecular formula is C19H37NO. The Kier molecular flexibility index (Phi) is 6.55. The van der Waals surface area contributed by atoms with Gasteiger partial charge in [0.15, 0.2) is 0 Å². The van der Waals surface area contributed by atoms with Crippen molar-refractivity contribution >= 4 is 0 Å². The summed E-state index contributed by atoms with van der Waals surface area (Å²) in [4.78, 5) is 2.68. The first-order chi connectivity index (χ1) is 9.95. The topological polar surface area (TPSA) is 12.5 Å². The van der Waals surface area contributed by atoms with Gasteiger partial charge in [-0.15, -0.1) is 0 Å². The Morgan fingerprint density at radius 1 is 0.952 bits per heavy atom. The SMILES string of the molecule is CC(C)C1CN(CC2CCC(OC[C@H](C)C(C)C)CC2)C1. The van der Waals surface area contributed by atoms with Crippen molar-refractivity contribution < 1.29 is 4.74 Å². The molecule has 21 heavy (non-hydrogen) atoms. The first kappa shape index (κ1) is 17.3. The Bertz CT molecular complexity index is 288. The maximum atomic E-state index is 6.13. The molecule has 2 rings (SSSR count). The van der Waals surface area contributed by atoms with E-state index in [1.807, 2.05) is 0 Å². The van der Waals surface area contributed by atoms with Gasteiger partial charge < -0.3 is 9.64 Å². The molecule has 2 heteroatoms. The molecule has 0 aromatic carbocycles. The molecule has 2 aliphatic rings. The quantitative estimate of drug-likeness (QED) is 0.688. The molecule has 0 radical (unpaired) electrons. The van der Waals surface area contributed by atoms with Gasteiger partial charge in [0.2, 0.25) is 0 Å². The van der Waals surface area contributed by atoms with E-state index in [9.17, 15) is 0 Å². The Labute approximate surface area is 132 Å². The highest BCUT2D eigenvalue weighted by atomic mass is 16.5. The van der Waals surface area contributed by atoms with E-state index in [4.69, 9.17) is 4.74 Å². The van der Waals surface area contributed by atoms with Gasteiger partial charge in [-0.1, -0.05) is 34.6 Å². The molecule has 1 aliphatic heterocycles. The van der Waals surface area contributed by atoms with Crippen LogP contribution in [0.1, 0.15) is 60.3 Å². The normalized spacial score (nSPS) is 29.9. The van der Waals surface area contributed by atoms with Gasteiger partial charge in [0.05, 0.1) is 6.10 Å². The first-order valence-corrected chi connectivity index (χ1v) is 9.29. The molecule has 1 aliphatic carbocycles. The van der Waals surface area contributed by atoms with Crippen LogP contribution < -0.4 is 0 Å². The Balaban J connectivity index is 1.57. The third-order valence-corrected chi connectivity index (χ3v) is 5.97. The van der Waals surface area contributed by atoms with Crippen molar-refractivity contribution in [2.24, 2.45) is 29.6 Å². The predicted octanol–water partition coefficient (Wildman–Crippen LogP) is 4.44. The van der Waals surface area contributed by atoms with Crippen LogP contribution >= 0.6 is 0 Å². The molecule has 0 unspecified atom stereocenters. The van der Waals surface area contributed by atoms with Gasteiger partial charge in [-0.2, -0.15) is 0 Å². The molecule has 2 fully saturated rings. The van der Waals surface area contributed by atoms with Gasteiger partial charge in [-0.05, 0) is 55.3 Å². The zero-order valence-electron chi connectivity index (χ0n) is 15.0. The Hall–Kier alpha value is -0.0800. The van der Waals surface area contributed by atoms with Crippen LogP contribution in [0.2, 0.25) is 0 Å². The fraction of sp³-hybridized carbons (Fsp3) is 1.00. The molecule has 1 heterocycles. The molecule has 2 nitrogen and oxygen atoms in total. The minimum atomic E-state index is 0.544. The second-order valence-electron chi connectivity index (χ2n) is 8.42. The zero-order chi connectivity index (χ0) is 15.4. The van der Waals surface area contributed by atoms with Crippen molar-refractivity contribution in [3.63, 3.8) is 0 Å². The molecule has 1 saturated heterocycles. The van der Waals surface area contributed by atoms with Crippen LogP contribution in [0.25, 0.3) is 0 Å². The summed E-state index contributed by atoms with van der Waals surface area (Å²) in [7, 11) is 0. The zero-order valence-corrected chi connectivity index (χ0v) is 15.0. The first-order valence-electron chi connectivity index (χ1n) is 9.29. The summed E-state index contributed by atoms with van der Waals surface area (Å²) in [5.41, 5.74) is 0. The molecule has 124 valence electrons. The van der Waals surface area contributed by atoms with Gasteiger partial charge >= 0.3 is 0 Å². The summed E-state index contributed by atoms with van der Waals surface area (Å²) in [6.45, 7) is 16.6. The highest BCUT2D eigenvalue weighted by molar-refractivity contribution is 4.85. The maximum absolute atomic E-state index is 6.13. The van der Waals surface area contributed by atoms with Crippen LogP contribution in [-0.4, -0.2) is 37.2 Å². The lowest BCUT2D eigenvalue weighted by molar-refractivity contribution is -0.0154.